The van der Waals surface area contributed by atoms with Crippen LogP contribution < -0.4 is 10.1 Å². The Morgan fingerprint density at radius 3 is 3.00 bits per heavy atom. The number of benzene rings is 1. The molecule has 1 atom stereocenters. The number of nitrogens with one attached hydrogen (secondary N) is 1. The first-order valence-electron chi connectivity index (χ1n) is 8.50. The first-order valence-corrected chi connectivity index (χ1v) is 9.38. The van der Waals surface area contributed by atoms with E-state index in [9.17, 15) is 4.79 Å². The van der Waals surface area contributed by atoms with Crippen LogP contribution in [0, 0.1) is 13.8 Å². The van der Waals surface area contributed by atoms with Gasteiger partial charge in [0.1, 0.15) is 16.5 Å². The molecule has 0 saturated carbocycles. The van der Waals surface area contributed by atoms with E-state index in [4.69, 9.17) is 4.74 Å². The molecule has 0 saturated heterocycles. The van der Waals surface area contributed by atoms with Crippen LogP contribution in [-0.4, -0.2) is 27.3 Å². The van der Waals surface area contributed by atoms with Gasteiger partial charge in [-0.2, -0.15) is 5.10 Å². The lowest BCUT2D eigenvalue weighted by atomic mass is 9.95. The van der Waals surface area contributed by atoms with Gasteiger partial charge >= 0.3 is 0 Å². The van der Waals surface area contributed by atoms with Gasteiger partial charge in [-0.3, -0.25) is 9.48 Å². The lowest BCUT2D eigenvalue weighted by Crippen LogP contribution is -2.32. The maximum absolute atomic E-state index is 12.7. The van der Waals surface area contributed by atoms with Crippen LogP contribution in [0.3, 0.4) is 0 Å². The number of fused-ring (bicyclic) bond motifs is 1. The van der Waals surface area contributed by atoms with E-state index in [2.05, 4.69) is 34.5 Å². The van der Waals surface area contributed by atoms with Crippen LogP contribution in [0.25, 0.3) is 10.6 Å². The second-order valence-electron chi connectivity index (χ2n) is 6.60. The van der Waals surface area contributed by atoms with E-state index in [1.807, 2.05) is 20.2 Å². The van der Waals surface area contributed by atoms with Gasteiger partial charge in [-0.1, -0.05) is 17.7 Å². The van der Waals surface area contributed by atoms with Crippen molar-refractivity contribution in [3.05, 3.63) is 52.3 Å². The number of nitrogens with zero attached hydrogens (tertiary/aromatic N) is 3. The van der Waals surface area contributed by atoms with Gasteiger partial charge in [-0.15, -0.1) is 11.3 Å². The molecule has 4 rings (SSSR count). The third-order valence-electron chi connectivity index (χ3n) is 4.47. The number of carbonyl (C=O) groups is 1. The van der Waals surface area contributed by atoms with Crippen molar-refractivity contribution >= 4 is 17.2 Å². The van der Waals surface area contributed by atoms with Crippen molar-refractivity contribution in [1.82, 2.24) is 20.1 Å². The van der Waals surface area contributed by atoms with Gasteiger partial charge in [-0.25, -0.2) is 4.98 Å². The Kier molecular flexibility index (Phi) is 4.24. The minimum Gasteiger partial charge on any atom is -0.493 e. The minimum atomic E-state index is -0.159. The SMILES string of the molecule is Cc1cc(C)c2c(c1)C(NC(=O)c1csc(-c3cnn(C)c3)n1)CCO2. The van der Waals surface area contributed by atoms with Gasteiger partial charge in [0, 0.05) is 36.2 Å². The summed E-state index contributed by atoms with van der Waals surface area (Å²) in [4.78, 5) is 17.2. The highest BCUT2D eigenvalue weighted by Crippen LogP contribution is 2.36. The summed E-state index contributed by atoms with van der Waals surface area (Å²) in [6.45, 7) is 4.69. The van der Waals surface area contributed by atoms with Crippen molar-refractivity contribution in [3.63, 3.8) is 0 Å². The topological polar surface area (TPSA) is 69.0 Å². The highest BCUT2D eigenvalue weighted by atomic mass is 32.1. The second kappa shape index (κ2) is 6.57. The van der Waals surface area contributed by atoms with Gasteiger partial charge < -0.3 is 10.1 Å². The summed E-state index contributed by atoms with van der Waals surface area (Å²) >= 11 is 1.45. The third-order valence-corrected chi connectivity index (χ3v) is 5.36. The summed E-state index contributed by atoms with van der Waals surface area (Å²) in [5, 5.41) is 9.86. The summed E-state index contributed by atoms with van der Waals surface area (Å²) in [6, 6.07) is 4.13. The van der Waals surface area contributed by atoms with Crippen molar-refractivity contribution in [2.45, 2.75) is 26.3 Å². The molecule has 2 aromatic heterocycles. The van der Waals surface area contributed by atoms with Crippen molar-refractivity contribution in [2.24, 2.45) is 7.05 Å². The van der Waals surface area contributed by atoms with E-state index in [0.29, 0.717) is 12.3 Å². The lowest BCUT2D eigenvalue weighted by Gasteiger charge is -2.28. The summed E-state index contributed by atoms with van der Waals surface area (Å²) < 4.78 is 7.54. The molecule has 1 aromatic carbocycles. The summed E-state index contributed by atoms with van der Waals surface area (Å²) in [5.41, 5.74) is 4.67. The smallest absolute Gasteiger partial charge is 0.271 e. The molecule has 1 aliphatic heterocycles. The molecule has 3 heterocycles. The number of amides is 1. The van der Waals surface area contributed by atoms with Crippen molar-refractivity contribution in [2.75, 3.05) is 6.61 Å². The molecule has 1 N–H and O–H groups in total. The Hall–Kier alpha value is -2.67. The van der Waals surface area contributed by atoms with Crippen LogP contribution in [0.5, 0.6) is 5.75 Å². The molecule has 0 radical (unpaired) electrons. The summed E-state index contributed by atoms with van der Waals surface area (Å²) in [7, 11) is 1.86. The highest BCUT2D eigenvalue weighted by molar-refractivity contribution is 7.13. The maximum Gasteiger partial charge on any atom is 0.271 e. The predicted molar refractivity (Wildman–Crippen MR) is 101 cm³/mol. The summed E-state index contributed by atoms with van der Waals surface area (Å²) in [5.74, 6) is 0.731. The van der Waals surface area contributed by atoms with E-state index in [0.717, 1.165) is 33.9 Å². The Balaban J connectivity index is 1.56. The molecule has 134 valence electrons. The Bertz CT molecular complexity index is 976. The van der Waals surface area contributed by atoms with Crippen LogP contribution in [0.1, 0.15) is 39.6 Å². The van der Waals surface area contributed by atoms with Gasteiger partial charge in [0.15, 0.2) is 0 Å². The molecule has 0 fully saturated rings. The van der Waals surface area contributed by atoms with E-state index < -0.39 is 0 Å². The molecular formula is C19H20N4O2S. The fourth-order valence-electron chi connectivity index (χ4n) is 3.30. The Morgan fingerprint density at radius 1 is 1.38 bits per heavy atom. The number of hydrogen-bond donors (Lipinski definition) is 1. The molecule has 3 aromatic rings. The second-order valence-corrected chi connectivity index (χ2v) is 7.46. The minimum absolute atomic E-state index is 0.0617. The zero-order valence-corrected chi connectivity index (χ0v) is 15.8. The lowest BCUT2D eigenvalue weighted by molar-refractivity contribution is 0.0920. The zero-order valence-electron chi connectivity index (χ0n) is 14.9. The van der Waals surface area contributed by atoms with Gasteiger partial charge in [0.25, 0.3) is 5.91 Å². The molecule has 6 nitrogen and oxygen atoms in total. The highest BCUT2D eigenvalue weighted by Gasteiger charge is 2.26. The average Bonchev–Trinajstić information content (AvgIpc) is 3.24. The van der Waals surface area contributed by atoms with Crippen LogP contribution in [0.15, 0.2) is 29.9 Å². The van der Waals surface area contributed by atoms with Crippen LogP contribution in [-0.2, 0) is 7.05 Å². The third kappa shape index (κ3) is 3.10. The van der Waals surface area contributed by atoms with Gasteiger partial charge in [0.2, 0.25) is 0 Å². The van der Waals surface area contributed by atoms with Gasteiger partial charge in [0.05, 0.1) is 18.8 Å². The van der Waals surface area contributed by atoms with E-state index in [1.54, 1.807) is 16.3 Å². The van der Waals surface area contributed by atoms with Crippen molar-refractivity contribution < 1.29 is 9.53 Å². The fraction of sp³-hybridized carbons (Fsp3) is 0.316. The first kappa shape index (κ1) is 16.8. The van der Waals surface area contributed by atoms with Crippen LogP contribution in [0.2, 0.25) is 0 Å². The molecule has 0 spiro atoms. The van der Waals surface area contributed by atoms with Crippen molar-refractivity contribution in [1.29, 1.82) is 0 Å². The number of aromatic nitrogens is 3. The number of aryl methyl sites for hydroxylation is 3. The molecule has 1 aliphatic rings. The number of hydrogen-bond acceptors (Lipinski definition) is 5. The molecule has 0 bridgehead atoms. The summed E-state index contributed by atoms with van der Waals surface area (Å²) in [6.07, 6.45) is 4.39. The largest absolute Gasteiger partial charge is 0.493 e. The number of thiazole rings is 1. The maximum atomic E-state index is 12.7. The zero-order chi connectivity index (χ0) is 18.3. The fourth-order valence-corrected chi connectivity index (χ4v) is 4.08. The monoisotopic (exact) mass is 368 g/mol. The molecule has 26 heavy (non-hydrogen) atoms. The standard InChI is InChI=1S/C19H20N4O2S/c1-11-6-12(2)17-14(7-11)15(4-5-25-17)21-18(24)16-10-26-19(22-16)13-8-20-23(3)9-13/h6-10,15H,4-5H2,1-3H3,(H,21,24). The van der Waals surface area contributed by atoms with Gasteiger partial charge in [-0.05, 0) is 19.4 Å². The molecular weight excluding hydrogens is 348 g/mol. The first-order chi connectivity index (χ1) is 12.5. The molecule has 7 heteroatoms. The average molecular weight is 368 g/mol. The van der Waals surface area contributed by atoms with Crippen LogP contribution in [0.4, 0.5) is 0 Å². The van der Waals surface area contributed by atoms with E-state index in [1.165, 1.54) is 16.9 Å². The Morgan fingerprint density at radius 2 is 2.23 bits per heavy atom. The number of ether oxygens (including phenoxy) is 1. The predicted octanol–water partition coefficient (Wildman–Crippen LogP) is 3.41. The number of carbonyl (C=O) groups excluding carboxylic acids is 1. The quantitative estimate of drug-likeness (QED) is 0.769. The van der Waals surface area contributed by atoms with Crippen LogP contribution >= 0.6 is 11.3 Å². The molecule has 1 unspecified atom stereocenters. The van der Waals surface area contributed by atoms with Crippen molar-refractivity contribution in [3.8, 4) is 16.3 Å². The Labute approximate surface area is 155 Å². The normalized spacial score (nSPS) is 16.0. The number of rotatable bonds is 3. The van der Waals surface area contributed by atoms with E-state index in [-0.39, 0.29) is 11.9 Å². The van der Waals surface area contributed by atoms with E-state index >= 15 is 0 Å². The molecule has 0 aliphatic carbocycles. The molecule has 1 amide bonds.